The molecule has 1 aromatic heterocycles. The van der Waals surface area contributed by atoms with Gasteiger partial charge in [-0.25, -0.2) is 22.2 Å². The van der Waals surface area contributed by atoms with Crippen molar-refractivity contribution in [3.05, 3.63) is 41.6 Å². The molecule has 15 heteroatoms. The van der Waals surface area contributed by atoms with Crippen LogP contribution in [0.25, 0.3) is 0 Å². The first-order valence-corrected chi connectivity index (χ1v) is 12.7. The number of carbonyl (C=O) groups excluding carboxylic acids is 1. The number of ether oxygens (including phenoxy) is 1. The zero-order valence-corrected chi connectivity index (χ0v) is 20.0. The molecule has 0 aliphatic carbocycles. The van der Waals surface area contributed by atoms with Gasteiger partial charge in [0, 0.05) is 45.6 Å². The second kappa shape index (κ2) is 10.7. The highest BCUT2D eigenvalue weighted by Gasteiger charge is 2.36. The number of nitrogens with two attached hydrogens (primary N) is 1. The molecule has 4 heterocycles. The molecule has 4 rings (SSSR count). The van der Waals surface area contributed by atoms with Gasteiger partial charge in [0.1, 0.15) is 22.9 Å². The van der Waals surface area contributed by atoms with Gasteiger partial charge >= 0.3 is 0 Å². The molecular weight excluding hydrogens is 498 g/mol. The number of amidine groups is 1. The number of amides is 1. The molecule has 0 bridgehead atoms. The van der Waals surface area contributed by atoms with E-state index >= 15 is 0 Å². The first-order chi connectivity index (χ1) is 17.2. The van der Waals surface area contributed by atoms with Gasteiger partial charge in [-0.2, -0.15) is 4.31 Å². The molecule has 5 N–H and O–H groups in total. The minimum absolute atomic E-state index is 0.00148. The van der Waals surface area contributed by atoms with E-state index in [2.05, 4.69) is 20.6 Å². The summed E-state index contributed by atoms with van der Waals surface area (Å²) in [6.45, 7) is 1.47. The third kappa shape index (κ3) is 5.37. The molecule has 36 heavy (non-hydrogen) atoms. The van der Waals surface area contributed by atoms with Crippen LogP contribution in [0.4, 0.5) is 20.2 Å². The van der Waals surface area contributed by atoms with Crippen LogP contribution >= 0.6 is 0 Å². The van der Waals surface area contributed by atoms with Crippen molar-refractivity contribution in [2.24, 2.45) is 10.7 Å². The Bertz CT molecular complexity index is 1240. The van der Waals surface area contributed by atoms with Crippen molar-refractivity contribution >= 4 is 39.4 Å². The summed E-state index contributed by atoms with van der Waals surface area (Å²) in [5.74, 6) is -3.08. The van der Waals surface area contributed by atoms with Crippen LogP contribution in [0, 0.1) is 11.2 Å². The maximum absolute atomic E-state index is 14.9. The molecule has 0 aromatic carbocycles. The number of hydrogen-bond acceptors (Lipinski definition) is 9. The van der Waals surface area contributed by atoms with E-state index in [1.165, 1.54) is 10.5 Å². The number of piperazine rings is 1. The van der Waals surface area contributed by atoms with E-state index in [0.29, 0.717) is 26.1 Å². The van der Waals surface area contributed by atoms with E-state index in [1.54, 1.807) is 4.90 Å². The number of halogens is 2. The Hall–Kier alpha value is -3.43. The van der Waals surface area contributed by atoms with Crippen molar-refractivity contribution in [2.75, 3.05) is 49.6 Å². The zero-order chi connectivity index (χ0) is 25.9. The molecule has 2 fully saturated rings. The molecule has 3 aliphatic rings. The molecular formula is C21H26F2N8O4S. The van der Waals surface area contributed by atoms with E-state index in [0.717, 1.165) is 18.6 Å². The van der Waals surface area contributed by atoms with Crippen molar-refractivity contribution in [1.82, 2.24) is 14.6 Å². The van der Waals surface area contributed by atoms with Gasteiger partial charge in [-0.3, -0.25) is 15.2 Å². The second-order valence-electron chi connectivity index (χ2n) is 8.28. The summed E-state index contributed by atoms with van der Waals surface area (Å²) in [5.41, 5.74) is 5.20. The Labute approximate surface area is 206 Å². The van der Waals surface area contributed by atoms with E-state index in [9.17, 15) is 22.0 Å². The fourth-order valence-electron chi connectivity index (χ4n) is 4.21. The largest absolute Gasteiger partial charge is 0.383 e. The quantitative estimate of drug-likeness (QED) is 0.236. The Morgan fingerprint density at radius 3 is 2.50 bits per heavy atom. The van der Waals surface area contributed by atoms with Crippen molar-refractivity contribution in [3.8, 4) is 0 Å². The summed E-state index contributed by atoms with van der Waals surface area (Å²) in [6, 6.07) is 0. The van der Waals surface area contributed by atoms with Gasteiger partial charge in [0.25, 0.3) is 5.91 Å². The third-order valence-corrected chi connectivity index (χ3v) is 8.42. The summed E-state index contributed by atoms with van der Waals surface area (Å²) >= 11 is 0. The lowest BCUT2D eigenvalue weighted by atomic mass is 10.2. The summed E-state index contributed by atoms with van der Waals surface area (Å²) < 4.78 is 60.8. The number of nitrogens with one attached hydrogen (secondary N) is 3. The zero-order valence-electron chi connectivity index (χ0n) is 19.2. The molecule has 0 unspecified atom stereocenters. The van der Waals surface area contributed by atoms with Crippen molar-refractivity contribution in [1.29, 1.82) is 5.41 Å². The van der Waals surface area contributed by atoms with Crippen LogP contribution < -0.4 is 21.3 Å². The minimum Gasteiger partial charge on any atom is -0.383 e. The van der Waals surface area contributed by atoms with Crippen LogP contribution in [0.1, 0.15) is 12.8 Å². The number of sulfonamides is 1. The average Bonchev–Trinajstić information content (AvgIpc) is 2.86. The molecule has 3 aliphatic heterocycles. The van der Waals surface area contributed by atoms with Crippen LogP contribution in [-0.4, -0.2) is 80.3 Å². The van der Waals surface area contributed by atoms with Gasteiger partial charge in [0.05, 0.1) is 29.5 Å². The van der Waals surface area contributed by atoms with E-state index in [1.807, 2.05) is 0 Å². The fraction of sp³-hybridized carbons (Fsp3) is 0.429. The van der Waals surface area contributed by atoms with Crippen molar-refractivity contribution in [2.45, 2.75) is 18.1 Å². The Morgan fingerprint density at radius 1 is 1.19 bits per heavy atom. The molecule has 194 valence electrons. The molecule has 2 saturated heterocycles. The predicted octanol–water partition coefficient (Wildman–Crippen LogP) is 0.422. The van der Waals surface area contributed by atoms with Gasteiger partial charge in [-0.15, -0.1) is 0 Å². The number of hydrogen-bond donors (Lipinski definition) is 4. The van der Waals surface area contributed by atoms with E-state index in [4.69, 9.17) is 15.9 Å². The van der Waals surface area contributed by atoms with Gasteiger partial charge in [0.15, 0.2) is 11.6 Å². The third-order valence-electron chi connectivity index (χ3n) is 6.02. The SMILES string of the molecule is N=C(N)/C(C(=O)Nc1cncc(F)c1N1CCN(S(=O)(=O)C2CCOCC2)CC1)=C1/N=CC(F)=CN1. The van der Waals surface area contributed by atoms with Gasteiger partial charge < -0.3 is 26.0 Å². The number of allylic oxidation sites excluding steroid dienone is 1. The highest BCUT2D eigenvalue weighted by molar-refractivity contribution is 7.89. The minimum atomic E-state index is -3.51. The molecule has 0 spiro atoms. The van der Waals surface area contributed by atoms with Gasteiger partial charge in [-0.1, -0.05) is 0 Å². The highest BCUT2D eigenvalue weighted by atomic mass is 32.2. The summed E-state index contributed by atoms with van der Waals surface area (Å²) in [7, 11) is -3.51. The molecule has 12 nitrogen and oxygen atoms in total. The lowest BCUT2D eigenvalue weighted by Gasteiger charge is -2.38. The fourth-order valence-corrected chi connectivity index (χ4v) is 6.09. The average molecular weight is 525 g/mol. The van der Waals surface area contributed by atoms with Crippen LogP contribution in [0.2, 0.25) is 0 Å². The number of aromatic nitrogens is 1. The lowest BCUT2D eigenvalue weighted by molar-refractivity contribution is -0.112. The summed E-state index contributed by atoms with van der Waals surface area (Å²) in [6.07, 6.45) is 4.90. The van der Waals surface area contributed by atoms with E-state index < -0.39 is 38.7 Å². The smallest absolute Gasteiger partial charge is 0.263 e. The van der Waals surface area contributed by atoms with Crippen molar-refractivity contribution < 1.29 is 26.7 Å². The van der Waals surface area contributed by atoms with Crippen molar-refractivity contribution in [3.63, 3.8) is 0 Å². The van der Waals surface area contributed by atoms with E-state index in [-0.39, 0.29) is 48.9 Å². The Kier molecular flexibility index (Phi) is 7.61. The van der Waals surface area contributed by atoms with Gasteiger partial charge in [-0.05, 0) is 12.8 Å². The second-order valence-corrected chi connectivity index (χ2v) is 10.5. The molecule has 0 saturated carbocycles. The van der Waals surface area contributed by atoms with Crippen LogP contribution in [0.5, 0.6) is 0 Å². The maximum atomic E-state index is 14.9. The number of rotatable bonds is 6. The highest BCUT2D eigenvalue weighted by Crippen LogP contribution is 2.31. The Balaban J connectivity index is 1.52. The van der Waals surface area contributed by atoms with Crippen LogP contribution in [0.15, 0.2) is 40.8 Å². The number of anilines is 2. The van der Waals surface area contributed by atoms with Crippen LogP contribution in [0.3, 0.4) is 0 Å². The standard InChI is InChI=1S/C21H26F2N8O4S/c22-13-9-27-20(28-10-13)17(19(24)25)21(32)29-16-12-26-11-15(23)18(16)30-3-5-31(6-4-30)36(33,34)14-1-7-35-8-2-14/h9-12,14,27H,1-8H2,(H3,24,25)(H,29,32)/b20-17-. The number of carbonyl (C=O) groups is 1. The Morgan fingerprint density at radius 2 is 1.89 bits per heavy atom. The normalized spacial score (nSPS) is 20.9. The molecule has 0 atom stereocenters. The molecule has 0 radical (unpaired) electrons. The van der Waals surface area contributed by atoms with Gasteiger partial charge in [0.2, 0.25) is 10.0 Å². The number of aliphatic imine (C=N–C) groups is 1. The molecule has 1 aromatic rings. The first-order valence-electron chi connectivity index (χ1n) is 11.2. The molecule has 1 amide bonds. The maximum Gasteiger partial charge on any atom is 0.263 e. The lowest BCUT2D eigenvalue weighted by Crippen LogP contribution is -2.52. The summed E-state index contributed by atoms with van der Waals surface area (Å²) in [5, 5.41) is 12.2. The monoisotopic (exact) mass is 524 g/mol. The predicted molar refractivity (Wildman–Crippen MR) is 129 cm³/mol. The summed E-state index contributed by atoms with van der Waals surface area (Å²) in [4.78, 5) is 22.1. The number of pyridine rings is 1. The number of nitrogens with zero attached hydrogens (tertiary/aromatic N) is 4. The topological polar surface area (TPSA) is 166 Å². The first kappa shape index (κ1) is 25.7. The van der Waals surface area contributed by atoms with Crippen LogP contribution in [-0.2, 0) is 19.6 Å².